The molecule has 0 aromatic heterocycles. The molecule has 2 aliphatic carbocycles. The maximum Gasteiger partial charge on any atom is 0.322 e. The van der Waals surface area contributed by atoms with Crippen molar-refractivity contribution < 1.29 is 13.6 Å². The average molecular weight is 245 g/mol. The molecular weight excluding hydrogens is 224 g/mol. The van der Waals surface area contributed by atoms with Crippen LogP contribution in [0.3, 0.4) is 0 Å². The van der Waals surface area contributed by atoms with Crippen LogP contribution in [0, 0.1) is 0 Å². The largest absolute Gasteiger partial charge is 0.332 e. The summed E-state index contributed by atoms with van der Waals surface area (Å²) >= 11 is 0. The number of carbonyl (C=O) groups excluding carboxylic acids is 1. The number of rotatable bonds is 3. The summed E-state index contributed by atoms with van der Waals surface area (Å²) in [6.07, 6.45) is 7.87. The van der Waals surface area contributed by atoms with Crippen LogP contribution in [0.4, 0.5) is 8.78 Å². The number of halogens is 2. The Morgan fingerprint density at radius 2 is 1.35 bits per heavy atom. The van der Waals surface area contributed by atoms with E-state index in [-0.39, 0.29) is 12.1 Å². The molecule has 98 valence electrons. The quantitative estimate of drug-likeness (QED) is 0.746. The first-order valence-corrected chi connectivity index (χ1v) is 6.71. The molecule has 0 N–H and O–H groups in total. The molecule has 0 unspecified atom stereocenters. The summed E-state index contributed by atoms with van der Waals surface area (Å²) in [5, 5.41) is 0. The van der Waals surface area contributed by atoms with E-state index < -0.39 is 11.8 Å². The standard InChI is InChI=1S/C13H21F2NO/c1-13(14,15)12(17)16(10-6-2-3-7-10)11-8-4-5-9-11/h10-11H,2-9H2,1H3. The second kappa shape index (κ2) is 4.91. The van der Waals surface area contributed by atoms with Crippen LogP contribution in [-0.2, 0) is 4.79 Å². The van der Waals surface area contributed by atoms with E-state index in [9.17, 15) is 13.6 Å². The summed E-state index contributed by atoms with van der Waals surface area (Å²) in [5.41, 5.74) is 0. The predicted molar refractivity (Wildman–Crippen MR) is 62.0 cm³/mol. The molecule has 0 radical (unpaired) electrons. The van der Waals surface area contributed by atoms with Crippen molar-refractivity contribution in [2.75, 3.05) is 0 Å². The van der Waals surface area contributed by atoms with E-state index in [0.29, 0.717) is 0 Å². The van der Waals surface area contributed by atoms with Crippen LogP contribution in [0.1, 0.15) is 58.3 Å². The first-order chi connectivity index (χ1) is 8.00. The smallest absolute Gasteiger partial charge is 0.322 e. The van der Waals surface area contributed by atoms with Crippen molar-refractivity contribution in [1.29, 1.82) is 0 Å². The van der Waals surface area contributed by atoms with Gasteiger partial charge in [-0.05, 0) is 25.7 Å². The molecule has 0 heterocycles. The molecular formula is C13H21F2NO. The van der Waals surface area contributed by atoms with Gasteiger partial charge in [-0.15, -0.1) is 0 Å². The van der Waals surface area contributed by atoms with E-state index >= 15 is 0 Å². The summed E-state index contributed by atoms with van der Waals surface area (Å²) in [6.45, 7) is 0.728. The van der Waals surface area contributed by atoms with E-state index in [0.717, 1.165) is 58.3 Å². The lowest BCUT2D eigenvalue weighted by molar-refractivity contribution is -0.160. The molecule has 2 fully saturated rings. The summed E-state index contributed by atoms with van der Waals surface area (Å²) < 4.78 is 26.6. The zero-order valence-corrected chi connectivity index (χ0v) is 10.4. The zero-order valence-electron chi connectivity index (χ0n) is 10.4. The number of nitrogens with zero attached hydrogens (tertiary/aromatic N) is 1. The Bertz CT molecular complexity index is 260. The topological polar surface area (TPSA) is 20.3 Å². The normalized spacial score (nSPS) is 23.2. The summed E-state index contributed by atoms with van der Waals surface area (Å²) in [5.74, 6) is -4.16. The highest BCUT2D eigenvalue weighted by atomic mass is 19.3. The highest BCUT2D eigenvalue weighted by Gasteiger charge is 2.43. The Morgan fingerprint density at radius 1 is 1.00 bits per heavy atom. The van der Waals surface area contributed by atoms with Crippen LogP contribution in [0.15, 0.2) is 0 Å². The second-order valence-corrected chi connectivity index (χ2v) is 5.48. The summed E-state index contributed by atoms with van der Waals surface area (Å²) in [4.78, 5) is 13.5. The van der Waals surface area contributed by atoms with Crippen molar-refractivity contribution in [1.82, 2.24) is 4.90 Å². The number of carbonyl (C=O) groups is 1. The van der Waals surface area contributed by atoms with Crippen LogP contribution < -0.4 is 0 Å². The minimum Gasteiger partial charge on any atom is -0.332 e. The monoisotopic (exact) mass is 245 g/mol. The molecule has 1 amide bonds. The summed E-state index contributed by atoms with van der Waals surface area (Å²) in [6, 6.07) is 0.132. The first kappa shape index (κ1) is 12.8. The third kappa shape index (κ3) is 2.78. The lowest BCUT2D eigenvalue weighted by atomic mass is 10.1. The van der Waals surface area contributed by atoms with Gasteiger partial charge >= 0.3 is 5.92 Å². The SMILES string of the molecule is CC(F)(F)C(=O)N(C1CCCC1)C1CCCC1. The molecule has 2 saturated carbocycles. The zero-order chi connectivity index (χ0) is 12.5. The van der Waals surface area contributed by atoms with Gasteiger partial charge < -0.3 is 4.90 Å². The maximum atomic E-state index is 13.3. The van der Waals surface area contributed by atoms with E-state index in [1.54, 1.807) is 4.90 Å². The van der Waals surface area contributed by atoms with Gasteiger partial charge in [-0.1, -0.05) is 25.7 Å². The molecule has 2 aliphatic rings. The molecule has 0 aromatic carbocycles. The van der Waals surface area contributed by atoms with Gasteiger partial charge in [-0.2, -0.15) is 8.78 Å². The molecule has 4 heteroatoms. The van der Waals surface area contributed by atoms with Crippen molar-refractivity contribution in [3.05, 3.63) is 0 Å². The first-order valence-electron chi connectivity index (χ1n) is 6.71. The lowest BCUT2D eigenvalue weighted by Crippen LogP contribution is -2.51. The fourth-order valence-electron chi connectivity index (χ4n) is 3.22. The number of hydrogen-bond acceptors (Lipinski definition) is 1. The average Bonchev–Trinajstić information content (AvgIpc) is 2.88. The second-order valence-electron chi connectivity index (χ2n) is 5.48. The van der Waals surface area contributed by atoms with Gasteiger partial charge in [-0.3, -0.25) is 4.79 Å². The van der Waals surface area contributed by atoms with Crippen molar-refractivity contribution in [2.45, 2.75) is 76.3 Å². The molecule has 2 nitrogen and oxygen atoms in total. The molecule has 0 bridgehead atoms. The van der Waals surface area contributed by atoms with Crippen molar-refractivity contribution in [3.8, 4) is 0 Å². The minimum absolute atomic E-state index is 0.0661. The molecule has 0 aromatic rings. The van der Waals surface area contributed by atoms with E-state index in [1.165, 1.54) is 0 Å². The van der Waals surface area contributed by atoms with Gasteiger partial charge in [0, 0.05) is 19.0 Å². The molecule has 17 heavy (non-hydrogen) atoms. The van der Waals surface area contributed by atoms with E-state index in [1.807, 2.05) is 0 Å². The summed E-state index contributed by atoms with van der Waals surface area (Å²) in [7, 11) is 0. The van der Waals surface area contributed by atoms with Gasteiger partial charge in [0.1, 0.15) is 0 Å². The van der Waals surface area contributed by atoms with E-state index in [2.05, 4.69) is 0 Å². The van der Waals surface area contributed by atoms with Crippen molar-refractivity contribution in [3.63, 3.8) is 0 Å². The van der Waals surface area contributed by atoms with Gasteiger partial charge in [0.2, 0.25) is 0 Å². The van der Waals surface area contributed by atoms with Crippen LogP contribution in [0.2, 0.25) is 0 Å². The number of alkyl halides is 2. The van der Waals surface area contributed by atoms with Gasteiger partial charge in [0.15, 0.2) is 0 Å². The van der Waals surface area contributed by atoms with Crippen LogP contribution >= 0.6 is 0 Å². The van der Waals surface area contributed by atoms with Crippen LogP contribution in [0.25, 0.3) is 0 Å². The highest BCUT2D eigenvalue weighted by molar-refractivity contribution is 5.83. The van der Waals surface area contributed by atoms with Gasteiger partial charge in [-0.25, -0.2) is 0 Å². The Labute approximate surface area is 101 Å². The molecule has 0 saturated heterocycles. The molecule has 0 aliphatic heterocycles. The molecule has 0 spiro atoms. The molecule has 2 rings (SSSR count). The third-order valence-corrected chi connectivity index (χ3v) is 4.05. The van der Waals surface area contributed by atoms with E-state index in [4.69, 9.17) is 0 Å². The fourth-order valence-corrected chi connectivity index (χ4v) is 3.22. The Balaban J connectivity index is 2.13. The Hall–Kier alpha value is -0.670. The predicted octanol–water partition coefficient (Wildman–Crippen LogP) is 3.36. The minimum atomic E-state index is -3.22. The van der Waals surface area contributed by atoms with Crippen LogP contribution in [-0.4, -0.2) is 28.8 Å². The maximum absolute atomic E-state index is 13.3. The van der Waals surface area contributed by atoms with Crippen molar-refractivity contribution in [2.24, 2.45) is 0 Å². The Morgan fingerprint density at radius 3 is 1.65 bits per heavy atom. The number of hydrogen-bond donors (Lipinski definition) is 0. The van der Waals surface area contributed by atoms with Gasteiger partial charge in [0.25, 0.3) is 5.91 Å². The number of amides is 1. The highest BCUT2D eigenvalue weighted by Crippen LogP contribution is 2.34. The lowest BCUT2D eigenvalue weighted by Gasteiger charge is -2.36. The fraction of sp³-hybridized carbons (Fsp3) is 0.923. The van der Waals surface area contributed by atoms with Crippen LogP contribution in [0.5, 0.6) is 0 Å². The van der Waals surface area contributed by atoms with Gasteiger partial charge in [0.05, 0.1) is 0 Å². The molecule has 0 atom stereocenters. The third-order valence-electron chi connectivity index (χ3n) is 4.05. The Kier molecular flexibility index (Phi) is 3.69. The van der Waals surface area contributed by atoms with Crippen molar-refractivity contribution >= 4 is 5.91 Å².